The predicted molar refractivity (Wildman–Crippen MR) is 418 cm³/mol. The van der Waals surface area contributed by atoms with E-state index in [9.17, 15) is 10.2 Å². The molecule has 0 aromatic heterocycles. The molecule has 0 aliphatic carbocycles. The first-order valence-electron chi connectivity index (χ1n) is 37.5. The Morgan fingerprint density at radius 3 is 1.10 bits per heavy atom. The lowest BCUT2D eigenvalue weighted by Gasteiger charge is -2.43. The van der Waals surface area contributed by atoms with Crippen molar-refractivity contribution in [3.05, 3.63) is 237 Å². The average molecular weight is 1410 g/mol. The second kappa shape index (κ2) is 32.7. The van der Waals surface area contributed by atoms with Gasteiger partial charge in [-0.1, -0.05) is 194 Å². The van der Waals surface area contributed by atoms with E-state index in [-0.39, 0.29) is 69.4 Å². The van der Waals surface area contributed by atoms with Gasteiger partial charge in [0.25, 0.3) is 0 Å². The van der Waals surface area contributed by atoms with Gasteiger partial charge in [-0.2, -0.15) is 0 Å². The fraction of sp³-hybridized carbons (Fsp3) is 0.467. The summed E-state index contributed by atoms with van der Waals surface area (Å²) in [4.78, 5) is 10.2. The van der Waals surface area contributed by atoms with E-state index in [2.05, 4.69) is 220 Å². The number of hydrogen-bond donors (Lipinski definition) is 2. The van der Waals surface area contributed by atoms with Crippen LogP contribution in [0.3, 0.4) is 0 Å². The fourth-order valence-electron chi connectivity index (χ4n) is 15.0. The van der Waals surface area contributed by atoms with Crippen LogP contribution in [0.25, 0.3) is 0 Å². The Hall–Kier alpha value is -8.08. The monoisotopic (exact) mass is 1410 g/mol. The summed E-state index contributed by atoms with van der Waals surface area (Å²) in [7, 11) is 3.24. The van der Waals surface area contributed by atoms with Crippen LogP contribution in [0.1, 0.15) is 176 Å². The Morgan fingerprint density at radius 1 is 0.375 bits per heavy atom. The predicted octanol–water partition coefficient (Wildman–Crippen LogP) is 17.3. The van der Waals surface area contributed by atoms with Crippen molar-refractivity contribution in [3.8, 4) is 46.0 Å². The number of methoxy groups -OCH3 is 2. The number of piperazine rings is 2. The van der Waals surface area contributed by atoms with E-state index in [1.54, 1.807) is 38.5 Å². The summed E-state index contributed by atoms with van der Waals surface area (Å²) >= 11 is 0. The highest BCUT2D eigenvalue weighted by Crippen LogP contribution is 2.53. The van der Waals surface area contributed by atoms with Crippen LogP contribution in [-0.4, -0.2) is 149 Å². The van der Waals surface area contributed by atoms with Crippen molar-refractivity contribution in [1.82, 2.24) is 19.6 Å². The van der Waals surface area contributed by atoms with E-state index in [1.807, 2.05) is 42.5 Å². The van der Waals surface area contributed by atoms with Crippen LogP contribution in [0.4, 0.5) is 0 Å². The normalized spacial score (nSPS) is 19.9. The number of ether oxygens (including phenoxy) is 8. The first-order chi connectivity index (χ1) is 49.4. The van der Waals surface area contributed by atoms with E-state index in [4.69, 9.17) is 37.9 Å². The summed E-state index contributed by atoms with van der Waals surface area (Å²) in [5.74, 6) is 5.20. The number of phenolic OH excluding ortho intramolecular Hbond substituents is 2. The Kier molecular flexibility index (Phi) is 24.2. The molecule has 4 heterocycles. The van der Waals surface area contributed by atoms with Crippen LogP contribution in [-0.2, 0) is 55.1 Å². The number of nitrogens with zero attached hydrogens (tertiary/aromatic N) is 4. The van der Waals surface area contributed by atoms with Crippen molar-refractivity contribution in [3.63, 3.8) is 0 Å². The zero-order valence-electron chi connectivity index (χ0n) is 65.0. The molecule has 0 saturated carbocycles. The van der Waals surface area contributed by atoms with Crippen LogP contribution in [0.2, 0.25) is 0 Å². The third kappa shape index (κ3) is 19.1. The minimum absolute atomic E-state index is 0.0114. The van der Waals surface area contributed by atoms with Gasteiger partial charge >= 0.3 is 0 Å². The molecule has 2 N–H and O–H groups in total. The molecule has 14 nitrogen and oxygen atoms in total. The molecule has 4 aliphatic rings. The van der Waals surface area contributed by atoms with Crippen LogP contribution in [0.15, 0.2) is 170 Å². The Balaban J connectivity index is 0.000000210. The number of phenols is 2. The first kappa shape index (κ1) is 77.0. The van der Waals surface area contributed by atoms with Crippen LogP contribution in [0, 0.1) is 0 Å². The molecule has 0 bridgehead atoms. The number of fused-ring (bicyclic) bond motifs is 2. The molecule has 0 spiro atoms. The lowest BCUT2D eigenvalue weighted by molar-refractivity contribution is 0.0505. The summed E-state index contributed by atoms with van der Waals surface area (Å²) < 4.78 is 46.9. The van der Waals surface area contributed by atoms with E-state index in [1.165, 1.54) is 44.5 Å². The van der Waals surface area contributed by atoms with Crippen molar-refractivity contribution in [2.24, 2.45) is 0 Å². The second-order valence-corrected chi connectivity index (χ2v) is 33.8. The fourth-order valence-corrected chi connectivity index (χ4v) is 15.0. The van der Waals surface area contributed by atoms with Gasteiger partial charge in [-0.05, 0) is 138 Å². The lowest BCUT2D eigenvalue weighted by atomic mass is 9.65. The number of rotatable bonds is 22. The molecular formula is C90H116N4O10. The molecule has 2 saturated heterocycles. The molecule has 14 heteroatoms. The Bertz CT molecular complexity index is 4030. The van der Waals surface area contributed by atoms with Crippen LogP contribution < -0.4 is 28.4 Å². The third-order valence-corrected chi connectivity index (χ3v) is 21.6. The largest absolute Gasteiger partial charge is 0.508 e. The highest BCUT2D eigenvalue weighted by molar-refractivity contribution is 5.56. The van der Waals surface area contributed by atoms with Crippen molar-refractivity contribution >= 4 is 0 Å². The summed E-state index contributed by atoms with van der Waals surface area (Å²) in [5.41, 5.74) is 15.1. The smallest absolute Gasteiger partial charge is 0.188 e. The highest BCUT2D eigenvalue weighted by atomic mass is 16.7. The highest BCUT2D eigenvalue weighted by Gasteiger charge is 2.45. The zero-order chi connectivity index (χ0) is 74.2. The number of benzene rings is 8. The summed E-state index contributed by atoms with van der Waals surface area (Å²) in [6.45, 7) is 47.1. The molecule has 0 radical (unpaired) electrons. The number of aromatic hydroxyl groups is 2. The number of hydrogen-bond acceptors (Lipinski definition) is 14. The Morgan fingerprint density at radius 2 is 0.702 bits per heavy atom. The van der Waals surface area contributed by atoms with Crippen molar-refractivity contribution in [1.29, 1.82) is 0 Å². The average Bonchev–Trinajstić information content (AvgIpc) is 0.745. The van der Waals surface area contributed by atoms with Gasteiger partial charge in [0.2, 0.25) is 0 Å². The van der Waals surface area contributed by atoms with Crippen LogP contribution >= 0.6 is 0 Å². The second-order valence-electron chi connectivity index (χ2n) is 33.8. The molecular weight excluding hydrogens is 1300 g/mol. The van der Waals surface area contributed by atoms with E-state index in [0.717, 1.165) is 124 Å². The third-order valence-electron chi connectivity index (χ3n) is 21.6. The van der Waals surface area contributed by atoms with Gasteiger partial charge in [0.1, 0.15) is 59.2 Å². The topological polar surface area (TPSA) is 127 Å². The summed E-state index contributed by atoms with van der Waals surface area (Å²) in [6.07, 6.45) is 0. The minimum Gasteiger partial charge on any atom is -0.508 e. The van der Waals surface area contributed by atoms with Crippen LogP contribution in [0.5, 0.6) is 46.0 Å². The zero-order valence-corrected chi connectivity index (χ0v) is 65.0. The standard InChI is InChI=1S/C47H62N2O6.C43H54N2O4/c1-45(2,3)37-26-34(27-38(28-37)46(4,5)6)30-49-22-20-48(21-23-49)24-25-52-39-14-10-35(11-15-39)44-42-19-18-41(55-33-51-9)29-43(42)53-31-47(44,7)36-12-16-40(17-13-36)54-32-50-8;1-41(2,3)33-24-30(25-34(26-33)42(4,5)6)28-45-20-18-44(19-21-45)22-23-48-37-15-8-31(9-16-37)40-38-17-14-36(47)27-39(38)49-29-43(40,7)32-10-12-35(46)13-11-32/h10-19,26-29,44H,20-25,30-33H2,1-9H3;8-17,24-27,40,46-47H,18-23,28-29H2,1-7H3/t44-,47-;40-,43-/m11/s1. The van der Waals surface area contributed by atoms with Gasteiger partial charge in [-0.3, -0.25) is 19.6 Å². The van der Waals surface area contributed by atoms with E-state index < -0.39 is 0 Å². The molecule has 8 aromatic carbocycles. The van der Waals surface area contributed by atoms with Gasteiger partial charge in [0.05, 0.1) is 13.2 Å². The maximum Gasteiger partial charge on any atom is 0.188 e. The maximum atomic E-state index is 10.1. The van der Waals surface area contributed by atoms with Gasteiger partial charge in [-0.15, -0.1) is 0 Å². The molecule has 2 fully saturated rings. The van der Waals surface area contributed by atoms with E-state index >= 15 is 0 Å². The molecule has 0 amide bonds. The molecule has 4 atom stereocenters. The van der Waals surface area contributed by atoms with Gasteiger partial charge in [-0.25, -0.2) is 0 Å². The summed E-state index contributed by atoms with van der Waals surface area (Å²) in [5, 5.41) is 20.1. The maximum absolute atomic E-state index is 10.1. The Labute approximate surface area is 621 Å². The first-order valence-corrected chi connectivity index (χ1v) is 37.5. The SMILES string of the molecule is CC(C)(C)c1cc(CN2CCN(CCOc3ccc([C@@H]4c5ccc(O)cc5OC[C@]4(C)c4ccc(O)cc4)cc3)CC2)cc(C(C)(C)C)c1.COCOc1ccc([C@@]2(C)COc3cc(OCOC)ccc3[C@H]2c2ccc(OCCN3CCN(Cc4cc(C(C)(C)C)cc(C(C)(C)C)c4)CC3)cc2)cc1. The molecule has 4 aliphatic heterocycles. The molecule has 0 unspecified atom stereocenters. The molecule has 104 heavy (non-hydrogen) atoms. The van der Waals surface area contributed by atoms with Crippen molar-refractivity contribution in [2.45, 2.75) is 154 Å². The van der Waals surface area contributed by atoms with Gasteiger partial charge in [0, 0.05) is 139 Å². The van der Waals surface area contributed by atoms with Crippen molar-refractivity contribution in [2.75, 3.05) is 120 Å². The quantitative estimate of drug-likeness (QED) is 0.0625. The molecule has 12 rings (SSSR count). The van der Waals surface area contributed by atoms with E-state index in [0.29, 0.717) is 37.9 Å². The molecule has 8 aromatic rings. The lowest BCUT2D eigenvalue weighted by Crippen LogP contribution is -2.47. The summed E-state index contributed by atoms with van der Waals surface area (Å²) in [6, 6.07) is 58.7. The van der Waals surface area contributed by atoms with Crippen molar-refractivity contribution < 1.29 is 48.1 Å². The van der Waals surface area contributed by atoms with Gasteiger partial charge in [0.15, 0.2) is 13.6 Å². The van der Waals surface area contributed by atoms with Gasteiger partial charge < -0.3 is 48.1 Å². The molecule has 556 valence electrons. The minimum atomic E-state index is -0.382.